The molecule has 0 amide bonds. The third-order valence-corrected chi connectivity index (χ3v) is 3.42. The number of nitriles is 1. The Labute approximate surface area is 117 Å². The number of hydrogen-bond acceptors (Lipinski definition) is 4. The number of nitrogens with zero attached hydrogens (tertiary/aromatic N) is 1. The van der Waals surface area contributed by atoms with Crippen molar-refractivity contribution in [2.24, 2.45) is 0 Å². The van der Waals surface area contributed by atoms with Crippen molar-refractivity contribution in [3.05, 3.63) is 53.6 Å². The predicted octanol–water partition coefficient (Wildman–Crippen LogP) is 2.56. The van der Waals surface area contributed by atoms with E-state index in [1.165, 1.54) is 5.56 Å². The summed E-state index contributed by atoms with van der Waals surface area (Å²) in [7, 11) is 0. The number of benzene rings is 2. The molecule has 1 heterocycles. The molecule has 3 N–H and O–H groups in total. The number of hydrogen-bond donors (Lipinski definition) is 2. The first-order valence-corrected chi connectivity index (χ1v) is 6.54. The number of fused-ring (bicyclic) bond motifs is 1. The number of rotatable bonds is 3. The van der Waals surface area contributed by atoms with Crippen LogP contribution in [0.2, 0.25) is 0 Å². The van der Waals surface area contributed by atoms with Gasteiger partial charge in [0.1, 0.15) is 17.9 Å². The molecule has 100 valence electrons. The van der Waals surface area contributed by atoms with E-state index in [-0.39, 0.29) is 6.10 Å². The second kappa shape index (κ2) is 5.14. The van der Waals surface area contributed by atoms with Gasteiger partial charge < -0.3 is 15.8 Å². The quantitative estimate of drug-likeness (QED) is 0.837. The van der Waals surface area contributed by atoms with E-state index in [1.807, 2.05) is 24.3 Å². The molecule has 20 heavy (non-hydrogen) atoms. The van der Waals surface area contributed by atoms with Gasteiger partial charge in [0.05, 0.1) is 12.1 Å². The number of anilines is 2. The topological polar surface area (TPSA) is 71.1 Å². The van der Waals surface area contributed by atoms with Crippen molar-refractivity contribution in [1.29, 1.82) is 5.26 Å². The normalized spacial score (nSPS) is 16.1. The molecule has 0 radical (unpaired) electrons. The first kappa shape index (κ1) is 12.4. The maximum absolute atomic E-state index is 8.96. The summed E-state index contributed by atoms with van der Waals surface area (Å²) in [4.78, 5) is 0. The Bertz CT molecular complexity index is 651. The second-order valence-electron chi connectivity index (χ2n) is 4.85. The van der Waals surface area contributed by atoms with E-state index in [0.717, 1.165) is 17.9 Å². The minimum Gasteiger partial charge on any atom is -0.488 e. The van der Waals surface area contributed by atoms with Crippen LogP contribution in [0.1, 0.15) is 11.1 Å². The summed E-state index contributed by atoms with van der Waals surface area (Å²) in [5, 5.41) is 12.3. The fourth-order valence-corrected chi connectivity index (χ4v) is 2.36. The molecule has 0 aliphatic carbocycles. The number of nitrogens with one attached hydrogen (secondary N) is 1. The van der Waals surface area contributed by atoms with Crippen molar-refractivity contribution in [3.63, 3.8) is 0 Å². The van der Waals surface area contributed by atoms with E-state index < -0.39 is 0 Å². The first-order chi connectivity index (χ1) is 9.76. The molecule has 1 aliphatic heterocycles. The highest BCUT2D eigenvalue weighted by Crippen LogP contribution is 2.28. The van der Waals surface area contributed by atoms with Crippen LogP contribution in [-0.2, 0) is 6.42 Å². The smallest absolute Gasteiger partial charge is 0.123 e. The van der Waals surface area contributed by atoms with Crippen LogP contribution >= 0.6 is 0 Å². The summed E-state index contributed by atoms with van der Waals surface area (Å²) in [5.41, 5.74) is 8.82. The van der Waals surface area contributed by atoms with Crippen LogP contribution < -0.4 is 15.8 Å². The van der Waals surface area contributed by atoms with Gasteiger partial charge in [-0.05, 0) is 29.8 Å². The SMILES string of the molecule is N#Cc1cc(NCC2Cc3ccccc3O2)ccc1N. The molecule has 2 aromatic carbocycles. The van der Waals surface area contributed by atoms with Crippen molar-refractivity contribution in [1.82, 2.24) is 0 Å². The highest BCUT2D eigenvalue weighted by Gasteiger charge is 2.21. The van der Waals surface area contributed by atoms with Gasteiger partial charge in [-0.2, -0.15) is 5.26 Å². The lowest BCUT2D eigenvalue weighted by atomic mass is 10.1. The van der Waals surface area contributed by atoms with Gasteiger partial charge in [0.2, 0.25) is 0 Å². The van der Waals surface area contributed by atoms with Gasteiger partial charge in [-0.25, -0.2) is 0 Å². The van der Waals surface area contributed by atoms with Gasteiger partial charge in [0.15, 0.2) is 0 Å². The lowest BCUT2D eigenvalue weighted by Gasteiger charge is -2.13. The Morgan fingerprint density at radius 3 is 2.95 bits per heavy atom. The van der Waals surface area contributed by atoms with E-state index >= 15 is 0 Å². The van der Waals surface area contributed by atoms with Crippen molar-refractivity contribution >= 4 is 11.4 Å². The molecule has 0 spiro atoms. The molecule has 1 atom stereocenters. The fourth-order valence-electron chi connectivity index (χ4n) is 2.36. The van der Waals surface area contributed by atoms with Gasteiger partial charge in [0, 0.05) is 17.8 Å². The lowest BCUT2D eigenvalue weighted by molar-refractivity contribution is 0.246. The van der Waals surface area contributed by atoms with E-state index in [1.54, 1.807) is 12.1 Å². The average molecular weight is 265 g/mol. The number of ether oxygens (including phenoxy) is 1. The molecule has 0 saturated carbocycles. The predicted molar refractivity (Wildman–Crippen MR) is 78.6 cm³/mol. The Kier molecular flexibility index (Phi) is 3.18. The monoisotopic (exact) mass is 265 g/mol. The van der Waals surface area contributed by atoms with E-state index in [0.29, 0.717) is 17.8 Å². The zero-order valence-electron chi connectivity index (χ0n) is 11.0. The zero-order valence-corrected chi connectivity index (χ0v) is 11.0. The van der Waals surface area contributed by atoms with Gasteiger partial charge in [-0.3, -0.25) is 0 Å². The molecule has 0 aromatic heterocycles. The van der Waals surface area contributed by atoms with Crippen LogP contribution in [0.15, 0.2) is 42.5 Å². The molecule has 0 bridgehead atoms. The van der Waals surface area contributed by atoms with Crippen LogP contribution in [0, 0.1) is 11.3 Å². The third-order valence-electron chi connectivity index (χ3n) is 3.42. The largest absolute Gasteiger partial charge is 0.488 e. The Hall–Kier alpha value is -2.67. The molecule has 2 aromatic rings. The molecular formula is C16H15N3O. The van der Waals surface area contributed by atoms with Crippen LogP contribution in [0.4, 0.5) is 11.4 Å². The van der Waals surface area contributed by atoms with Gasteiger partial charge in [-0.1, -0.05) is 18.2 Å². The number of nitrogen functional groups attached to an aromatic ring is 1. The van der Waals surface area contributed by atoms with E-state index in [4.69, 9.17) is 15.7 Å². The Morgan fingerprint density at radius 1 is 1.30 bits per heavy atom. The number of para-hydroxylation sites is 1. The lowest BCUT2D eigenvalue weighted by Crippen LogP contribution is -2.24. The van der Waals surface area contributed by atoms with Crippen LogP contribution in [0.5, 0.6) is 5.75 Å². The van der Waals surface area contributed by atoms with Gasteiger partial charge in [-0.15, -0.1) is 0 Å². The maximum atomic E-state index is 8.96. The minimum atomic E-state index is 0.121. The van der Waals surface area contributed by atoms with Crippen LogP contribution in [0.3, 0.4) is 0 Å². The van der Waals surface area contributed by atoms with E-state index in [9.17, 15) is 0 Å². The standard InChI is InChI=1S/C16H15N3O/c17-9-12-7-13(5-6-15(12)18)19-10-14-8-11-3-1-2-4-16(11)20-14/h1-7,14,19H,8,10,18H2. The summed E-state index contributed by atoms with van der Waals surface area (Å²) in [6.45, 7) is 0.698. The molecular weight excluding hydrogens is 250 g/mol. The number of nitrogens with two attached hydrogens (primary N) is 1. The average Bonchev–Trinajstić information content (AvgIpc) is 2.89. The Balaban J connectivity index is 1.63. The highest BCUT2D eigenvalue weighted by atomic mass is 16.5. The zero-order chi connectivity index (χ0) is 13.9. The third kappa shape index (κ3) is 2.39. The highest BCUT2D eigenvalue weighted by molar-refractivity contribution is 5.61. The van der Waals surface area contributed by atoms with Gasteiger partial charge >= 0.3 is 0 Å². The van der Waals surface area contributed by atoms with E-state index in [2.05, 4.69) is 17.5 Å². The minimum absolute atomic E-state index is 0.121. The molecule has 3 rings (SSSR count). The molecule has 0 fully saturated rings. The summed E-state index contributed by atoms with van der Waals surface area (Å²) in [6, 6.07) is 15.5. The van der Waals surface area contributed by atoms with Crippen LogP contribution in [-0.4, -0.2) is 12.6 Å². The molecule has 4 nitrogen and oxygen atoms in total. The van der Waals surface area contributed by atoms with Crippen molar-refractivity contribution < 1.29 is 4.74 Å². The second-order valence-corrected chi connectivity index (χ2v) is 4.85. The molecule has 4 heteroatoms. The fraction of sp³-hybridized carbons (Fsp3) is 0.188. The van der Waals surface area contributed by atoms with Gasteiger partial charge in [0.25, 0.3) is 0 Å². The molecule has 1 aliphatic rings. The van der Waals surface area contributed by atoms with Crippen molar-refractivity contribution in [2.75, 3.05) is 17.6 Å². The summed E-state index contributed by atoms with van der Waals surface area (Å²) in [6.07, 6.45) is 1.03. The Morgan fingerprint density at radius 2 is 2.15 bits per heavy atom. The molecule has 1 unspecified atom stereocenters. The summed E-state index contributed by atoms with van der Waals surface area (Å²) in [5.74, 6) is 0.967. The first-order valence-electron chi connectivity index (χ1n) is 6.54. The van der Waals surface area contributed by atoms with Crippen molar-refractivity contribution in [2.45, 2.75) is 12.5 Å². The summed E-state index contributed by atoms with van der Waals surface area (Å²) >= 11 is 0. The molecule has 0 saturated heterocycles. The van der Waals surface area contributed by atoms with Crippen molar-refractivity contribution in [3.8, 4) is 11.8 Å². The summed E-state index contributed by atoms with van der Waals surface area (Å²) < 4.78 is 5.86. The maximum Gasteiger partial charge on any atom is 0.123 e. The van der Waals surface area contributed by atoms with Crippen LogP contribution in [0.25, 0.3) is 0 Å².